The van der Waals surface area contributed by atoms with Gasteiger partial charge in [0.1, 0.15) is 0 Å². The minimum absolute atomic E-state index is 0.0792. The molecule has 0 saturated heterocycles. The van der Waals surface area contributed by atoms with Crippen LogP contribution in [0.2, 0.25) is 0 Å². The van der Waals surface area contributed by atoms with Crippen LogP contribution >= 0.6 is 15.9 Å². The Balaban J connectivity index is 1.77. The van der Waals surface area contributed by atoms with Gasteiger partial charge in [-0.1, -0.05) is 46.3 Å². The van der Waals surface area contributed by atoms with Crippen molar-refractivity contribution >= 4 is 39.1 Å². The van der Waals surface area contributed by atoms with E-state index in [1.54, 1.807) is 12.1 Å². The SMILES string of the molecule is CC(=NNC(=O)CCC(=O)Nc1ccccc1)c1ccc(Br)cc1. The Morgan fingerprint density at radius 3 is 2.25 bits per heavy atom. The van der Waals surface area contributed by atoms with Crippen LogP contribution in [0.3, 0.4) is 0 Å². The molecule has 6 heteroatoms. The van der Waals surface area contributed by atoms with Gasteiger partial charge in [0.05, 0.1) is 5.71 Å². The number of para-hydroxylation sites is 1. The summed E-state index contributed by atoms with van der Waals surface area (Å²) in [6, 6.07) is 16.8. The van der Waals surface area contributed by atoms with Crippen LogP contribution in [-0.4, -0.2) is 17.5 Å². The summed E-state index contributed by atoms with van der Waals surface area (Å²) in [6.45, 7) is 1.81. The Hall–Kier alpha value is -2.47. The summed E-state index contributed by atoms with van der Waals surface area (Å²) >= 11 is 3.37. The summed E-state index contributed by atoms with van der Waals surface area (Å²) in [4.78, 5) is 23.6. The largest absolute Gasteiger partial charge is 0.326 e. The molecule has 0 bridgehead atoms. The first-order valence-corrected chi connectivity index (χ1v) is 8.28. The first-order chi connectivity index (χ1) is 11.5. The van der Waals surface area contributed by atoms with Gasteiger partial charge in [0.25, 0.3) is 0 Å². The number of hydrazone groups is 1. The van der Waals surface area contributed by atoms with Crippen molar-refractivity contribution in [1.82, 2.24) is 5.43 Å². The van der Waals surface area contributed by atoms with Crippen molar-refractivity contribution in [3.05, 3.63) is 64.6 Å². The van der Waals surface area contributed by atoms with E-state index in [0.29, 0.717) is 11.4 Å². The Bertz CT molecular complexity index is 728. The average Bonchev–Trinajstić information content (AvgIpc) is 2.59. The van der Waals surface area contributed by atoms with E-state index < -0.39 is 0 Å². The molecule has 5 nitrogen and oxygen atoms in total. The van der Waals surface area contributed by atoms with Crippen LogP contribution in [0.1, 0.15) is 25.3 Å². The van der Waals surface area contributed by atoms with Gasteiger partial charge < -0.3 is 5.32 Å². The average molecular weight is 388 g/mol. The van der Waals surface area contributed by atoms with Gasteiger partial charge in [-0.25, -0.2) is 5.43 Å². The molecule has 0 atom stereocenters. The summed E-state index contributed by atoms with van der Waals surface area (Å²) in [7, 11) is 0. The van der Waals surface area contributed by atoms with E-state index in [1.165, 1.54) is 0 Å². The predicted molar refractivity (Wildman–Crippen MR) is 98.8 cm³/mol. The number of anilines is 1. The standard InChI is InChI=1S/C18H18BrN3O2/c1-13(14-7-9-15(19)10-8-14)21-22-18(24)12-11-17(23)20-16-5-3-2-4-6-16/h2-10H,11-12H2,1H3,(H,20,23)(H,22,24). The van der Waals surface area contributed by atoms with E-state index in [2.05, 4.69) is 31.8 Å². The number of hydrogen-bond acceptors (Lipinski definition) is 3. The second kappa shape index (κ2) is 8.98. The van der Waals surface area contributed by atoms with Crippen molar-refractivity contribution in [1.29, 1.82) is 0 Å². The zero-order valence-corrected chi connectivity index (χ0v) is 14.8. The van der Waals surface area contributed by atoms with Crippen molar-refractivity contribution in [2.24, 2.45) is 5.10 Å². The maximum absolute atomic E-state index is 11.8. The summed E-state index contributed by atoms with van der Waals surface area (Å²) in [5, 5.41) is 6.79. The molecule has 124 valence electrons. The van der Waals surface area contributed by atoms with Gasteiger partial charge >= 0.3 is 0 Å². The third-order valence-corrected chi connectivity index (χ3v) is 3.78. The number of amides is 2. The molecule has 0 heterocycles. The molecule has 0 aliphatic rings. The highest BCUT2D eigenvalue weighted by atomic mass is 79.9. The van der Waals surface area contributed by atoms with Gasteiger partial charge in [-0.2, -0.15) is 5.10 Å². The van der Waals surface area contributed by atoms with Crippen LogP contribution in [-0.2, 0) is 9.59 Å². The van der Waals surface area contributed by atoms with Crippen LogP contribution in [0.5, 0.6) is 0 Å². The van der Waals surface area contributed by atoms with E-state index in [4.69, 9.17) is 0 Å². The van der Waals surface area contributed by atoms with Gasteiger partial charge in [-0.15, -0.1) is 0 Å². The van der Waals surface area contributed by atoms with Crippen molar-refractivity contribution < 1.29 is 9.59 Å². The van der Waals surface area contributed by atoms with Crippen LogP contribution in [0.4, 0.5) is 5.69 Å². The number of nitrogens with one attached hydrogen (secondary N) is 2. The molecule has 0 aliphatic carbocycles. The maximum atomic E-state index is 11.8. The minimum atomic E-state index is -0.297. The molecular weight excluding hydrogens is 370 g/mol. The molecule has 0 fully saturated rings. The van der Waals surface area contributed by atoms with Gasteiger partial charge in [-0.05, 0) is 36.8 Å². The number of halogens is 1. The number of rotatable bonds is 6. The number of benzene rings is 2. The molecule has 2 N–H and O–H groups in total. The van der Waals surface area contributed by atoms with Crippen LogP contribution in [0, 0.1) is 0 Å². The van der Waals surface area contributed by atoms with Crippen LogP contribution in [0.25, 0.3) is 0 Å². The lowest BCUT2D eigenvalue weighted by Gasteiger charge is -2.05. The fraction of sp³-hybridized carbons (Fsp3) is 0.167. The third kappa shape index (κ3) is 5.96. The number of carbonyl (C=O) groups is 2. The number of hydrogen-bond donors (Lipinski definition) is 2. The lowest BCUT2D eigenvalue weighted by atomic mass is 10.1. The summed E-state index contributed by atoms with van der Waals surface area (Å²) in [5.74, 6) is -0.500. The monoisotopic (exact) mass is 387 g/mol. The molecule has 2 amide bonds. The third-order valence-electron chi connectivity index (χ3n) is 3.25. The number of carbonyl (C=O) groups excluding carboxylic acids is 2. The van der Waals surface area contributed by atoms with E-state index >= 15 is 0 Å². The zero-order chi connectivity index (χ0) is 17.4. The fourth-order valence-corrected chi connectivity index (χ4v) is 2.19. The normalized spacial score (nSPS) is 11.0. The van der Waals surface area contributed by atoms with Crippen LogP contribution < -0.4 is 10.7 Å². The fourth-order valence-electron chi connectivity index (χ4n) is 1.93. The van der Waals surface area contributed by atoms with E-state index in [1.807, 2.05) is 49.4 Å². The van der Waals surface area contributed by atoms with Gasteiger partial charge in [0.15, 0.2) is 0 Å². The van der Waals surface area contributed by atoms with Crippen molar-refractivity contribution in [2.75, 3.05) is 5.32 Å². The summed E-state index contributed by atoms with van der Waals surface area (Å²) in [6.07, 6.45) is 0.184. The maximum Gasteiger partial charge on any atom is 0.240 e. The Morgan fingerprint density at radius 1 is 0.958 bits per heavy atom. The summed E-state index contributed by atoms with van der Waals surface area (Å²) in [5.41, 5.74) is 4.80. The van der Waals surface area contributed by atoms with E-state index in [9.17, 15) is 9.59 Å². The highest BCUT2D eigenvalue weighted by Gasteiger charge is 2.07. The highest BCUT2D eigenvalue weighted by molar-refractivity contribution is 9.10. The quantitative estimate of drug-likeness (QED) is 0.585. The van der Waals surface area contributed by atoms with Crippen LogP contribution in [0.15, 0.2) is 64.2 Å². The minimum Gasteiger partial charge on any atom is -0.326 e. The first kappa shape index (κ1) is 17.9. The molecule has 2 aromatic rings. The Labute approximate surface area is 149 Å². The molecular formula is C18H18BrN3O2. The van der Waals surface area contributed by atoms with Crippen molar-refractivity contribution in [3.8, 4) is 0 Å². The zero-order valence-electron chi connectivity index (χ0n) is 13.3. The topological polar surface area (TPSA) is 70.6 Å². The van der Waals surface area contributed by atoms with Crippen molar-refractivity contribution in [3.63, 3.8) is 0 Å². The smallest absolute Gasteiger partial charge is 0.240 e. The van der Waals surface area contributed by atoms with Crippen molar-refractivity contribution in [2.45, 2.75) is 19.8 Å². The molecule has 2 aromatic carbocycles. The lowest BCUT2D eigenvalue weighted by molar-refractivity contribution is -0.124. The first-order valence-electron chi connectivity index (χ1n) is 7.48. The second-order valence-electron chi connectivity index (χ2n) is 5.15. The van der Waals surface area contributed by atoms with E-state index in [0.717, 1.165) is 10.0 Å². The lowest BCUT2D eigenvalue weighted by Crippen LogP contribution is -2.21. The number of nitrogens with zero attached hydrogens (tertiary/aromatic N) is 1. The molecule has 24 heavy (non-hydrogen) atoms. The molecule has 2 rings (SSSR count). The van der Waals surface area contributed by atoms with Gasteiger partial charge in [-0.3, -0.25) is 9.59 Å². The molecule has 0 unspecified atom stereocenters. The second-order valence-corrected chi connectivity index (χ2v) is 6.07. The molecule has 0 aromatic heterocycles. The van der Waals surface area contributed by atoms with E-state index in [-0.39, 0.29) is 24.7 Å². The molecule has 0 aliphatic heterocycles. The highest BCUT2D eigenvalue weighted by Crippen LogP contribution is 2.11. The Kier molecular flexibility index (Phi) is 6.69. The predicted octanol–water partition coefficient (Wildman–Crippen LogP) is 3.71. The van der Waals surface area contributed by atoms with Gasteiger partial charge in [0.2, 0.25) is 11.8 Å². The Morgan fingerprint density at radius 2 is 1.58 bits per heavy atom. The molecule has 0 saturated carbocycles. The van der Waals surface area contributed by atoms with Gasteiger partial charge in [0, 0.05) is 23.0 Å². The molecule has 0 radical (unpaired) electrons. The summed E-state index contributed by atoms with van der Waals surface area (Å²) < 4.78 is 0.979. The molecule has 0 spiro atoms.